The number of anilines is 2. The molecule has 0 radical (unpaired) electrons. The number of carbonyl (C=O) groups excluding carboxylic acids is 3. The molecular weight excluding hydrogens is 505 g/mol. The summed E-state index contributed by atoms with van der Waals surface area (Å²) in [5.41, 5.74) is -3.33. The Morgan fingerprint density at radius 1 is 1.03 bits per heavy atom. The number of hydrogen-bond donors (Lipinski definition) is 1. The highest BCUT2D eigenvalue weighted by molar-refractivity contribution is 8.00. The van der Waals surface area contributed by atoms with Crippen LogP contribution in [0.2, 0.25) is 0 Å². The molecule has 5 rings (SSSR count). The summed E-state index contributed by atoms with van der Waals surface area (Å²) in [5.74, 6) is -0.652. The molecule has 4 amide bonds. The third kappa shape index (κ3) is 5.17. The molecule has 2 fully saturated rings. The van der Waals surface area contributed by atoms with Gasteiger partial charge in [0, 0.05) is 11.1 Å². The number of amides is 4. The lowest BCUT2D eigenvalue weighted by molar-refractivity contribution is -0.121. The van der Waals surface area contributed by atoms with E-state index in [9.17, 15) is 27.6 Å². The molecule has 1 aliphatic heterocycles. The normalized spacial score (nSPS) is 16.4. The number of pyridine rings is 1. The predicted molar refractivity (Wildman–Crippen MR) is 132 cm³/mol. The molecular formula is C26H21F3N4O3S. The van der Waals surface area contributed by atoms with Crippen molar-refractivity contribution in [2.75, 3.05) is 10.2 Å². The van der Waals surface area contributed by atoms with E-state index in [0.29, 0.717) is 24.1 Å². The maximum absolute atomic E-state index is 13.4. The van der Waals surface area contributed by atoms with Crippen LogP contribution in [0.5, 0.6) is 0 Å². The van der Waals surface area contributed by atoms with Crippen molar-refractivity contribution in [3.8, 4) is 0 Å². The Morgan fingerprint density at radius 3 is 2.38 bits per heavy atom. The number of benzene rings is 2. The Bertz CT molecular complexity index is 1350. The Balaban J connectivity index is 1.34. The van der Waals surface area contributed by atoms with Gasteiger partial charge in [0.1, 0.15) is 5.54 Å². The van der Waals surface area contributed by atoms with E-state index >= 15 is 0 Å². The van der Waals surface area contributed by atoms with Gasteiger partial charge in [0.05, 0.1) is 30.5 Å². The van der Waals surface area contributed by atoms with Gasteiger partial charge in [0.25, 0.3) is 5.91 Å². The molecule has 2 aromatic carbocycles. The maximum atomic E-state index is 13.4. The van der Waals surface area contributed by atoms with Crippen LogP contribution in [0, 0.1) is 0 Å². The van der Waals surface area contributed by atoms with E-state index in [-0.39, 0.29) is 41.2 Å². The summed E-state index contributed by atoms with van der Waals surface area (Å²) in [6.45, 7) is 0.0621. The highest BCUT2D eigenvalue weighted by atomic mass is 32.2. The number of urea groups is 1. The van der Waals surface area contributed by atoms with Crippen molar-refractivity contribution in [1.82, 2.24) is 9.88 Å². The van der Waals surface area contributed by atoms with Gasteiger partial charge in [-0.3, -0.25) is 14.6 Å². The lowest BCUT2D eigenvalue weighted by Gasteiger charge is -2.22. The fourth-order valence-electron chi connectivity index (χ4n) is 4.38. The lowest BCUT2D eigenvalue weighted by atomic mass is 10.1. The predicted octanol–water partition coefficient (Wildman–Crippen LogP) is 5.38. The smallest absolute Gasteiger partial charge is 0.324 e. The highest BCUT2D eigenvalue weighted by Crippen LogP contribution is 2.50. The van der Waals surface area contributed by atoms with E-state index in [1.165, 1.54) is 35.4 Å². The van der Waals surface area contributed by atoms with Crippen LogP contribution in [0.15, 0.2) is 78.0 Å². The number of nitrogens with one attached hydrogen (secondary N) is 1. The van der Waals surface area contributed by atoms with Gasteiger partial charge < -0.3 is 10.2 Å². The van der Waals surface area contributed by atoms with Gasteiger partial charge >= 0.3 is 11.5 Å². The van der Waals surface area contributed by atoms with Crippen LogP contribution in [0.4, 0.5) is 29.3 Å². The molecule has 1 aromatic heterocycles. The molecule has 0 atom stereocenters. The molecule has 190 valence electrons. The van der Waals surface area contributed by atoms with Crippen molar-refractivity contribution in [3.05, 3.63) is 84.2 Å². The van der Waals surface area contributed by atoms with E-state index < -0.39 is 23.0 Å². The minimum absolute atomic E-state index is 0.0407. The topological polar surface area (TPSA) is 82.6 Å². The molecule has 1 spiro atoms. The summed E-state index contributed by atoms with van der Waals surface area (Å²) in [4.78, 5) is 45.8. The average Bonchev–Trinajstić information content (AvgIpc) is 3.63. The molecule has 1 N–H and O–H groups in total. The monoisotopic (exact) mass is 526 g/mol. The number of imide groups is 1. The summed E-state index contributed by atoms with van der Waals surface area (Å²) < 4.78 is 38.0. The van der Waals surface area contributed by atoms with Gasteiger partial charge in [0.15, 0.2) is 0 Å². The first kappa shape index (κ1) is 24.8. The number of aromatic nitrogens is 1. The highest BCUT2D eigenvalue weighted by Gasteiger charge is 2.65. The van der Waals surface area contributed by atoms with E-state index in [1.807, 2.05) is 30.3 Å². The fraction of sp³-hybridized carbons (Fsp3) is 0.231. The quantitative estimate of drug-likeness (QED) is 0.330. The second-order valence-corrected chi connectivity index (χ2v) is 9.96. The summed E-state index contributed by atoms with van der Waals surface area (Å²) in [5, 5.41) is 2.84. The molecule has 7 nitrogen and oxygen atoms in total. The average molecular weight is 527 g/mol. The van der Waals surface area contributed by atoms with Crippen molar-refractivity contribution in [1.29, 1.82) is 0 Å². The van der Waals surface area contributed by atoms with E-state index in [1.54, 1.807) is 12.3 Å². The number of hydrogen-bond acceptors (Lipinski definition) is 5. The van der Waals surface area contributed by atoms with Crippen LogP contribution in [-0.2, 0) is 22.6 Å². The second-order valence-electron chi connectivity index (χ2n) is 8.83. The van der Waals surface area contributed by atoms with Crippen molar-refractivity contribution < 1.29 is 27.6 Å². The molecule has 2 aliphatic rings. The van der Waals surface area contributed by atoms with Gasteiger partial charge in [-0.05, 0) is 66.1 Å². The first-order valence-electron chi connectivity index (χ1n) is 11.4. The summed E-state index contributed by atoms with van der Waals surface area (Å²) in [7, 11) is 0. The molecule has 37 heavy (non-hydrogen) atoms. The Hall–Kier alpha value is -3.86. The van der Waals surface area contributed by atoms with Gasteiger partial charge in [0.2, 0.25) is 5.91 Å². The largest absolute Gasteiger partial charge is 0.446 e. The molecule has 1 saturated heterocycles. The lowest BCUT2D eigenvalue weighted by Crippen LogP contribution is -2.36. The second kappa shape index (κ2) is 9.55. The minimum atomic E-state index is -4.44. The van der Waals surface area contributed by atoms with Crippen LogP contribution in [0.1, 0.15) is 24.0 Å². The van der Waals surface area contributed by atoms with Crippen molar-refractivity contribution >= 4 is 41.0 Å². The van der Waals surface area contributed by atoms with E-state index in [0.717, 1.165) is 10.5 Å². The first-order valence-corrected chi connectivity index (χ1v) is 12.3. The third-order valence-electron chi connectivity index (χ3n) is 6.31. The summed E-state index contributed by atoms with van der Waals surface area (Å²) >= 11 is -0.264. The third-order valence-corrected chi connectivity index (χ3v) is 7.05. The Morgan fingerprint density at radius 2 is 1.73 bits per heavy atom. The molecule has 1 aliphatic carbocycles. The van der Waals surface area contributed by atoms with Crippen LogP contribution < -0.4 is 10.2 Å². The van der Waals surface area contributed by atoms with Gasteiger partial charge in [-0.15, -0.1) is 0 Å². The number of halogens is 3. The maximum Gasteiger partial charge on any atom is 0.446 e. The van der Waals surface area contributed by atoms with Gasteiger partial charge in [-0.2, -0.15) is 13.2 Å². The molecule has 0 bridgehead atoms. The SMILES string of the molecule is O=C(Cc1ccccc1)Nc1cnccc1CN1C(=O)N(c2ccc(SC(F)(F)F)cc2)C(=O)C12CC2. The standard InChI is InChI=1S/C26H21F3N4O3S/c27-26(28,29)37-20-8-6-19(7-9-20)33-23(35)25(11-12-25)32(24(33)36)16-18-10-13-30-15-21(18)31-22(34)14-17-4-2-1-3-5-17/h1-10,13,15H,11-12,14,16H2,(H,31,34). The summed E-state index contributed by atoms with van der Waals surface area (Å²) in [6.07, 6.45) is 4.16. The van der Waals surface area contributed by atoms with Gasteiger partial charge in [-0.25, -0.2) is 9.69 Å². The Labute approximate surface area is 214 Å². The van der Waals surface area contributed by atoms with Crippen LogP contribution >= 0.6 is 11.8 Å². The van der Waals surface area contributed by atoms with Crippen molar-refractivity contribution in [2.45, 2.75) is 41.7 Å². The Kier molecular flexibility index (Phi) is 6.40. The number of thioether (sulfide) groups is 1. The van der Waals surface area contributed by atoms with Crippen molar-refractivity contribution in [3.63, 3.8) is 0 Å². The van der Waals surface area contributed by atoms with Crippen molar-refractivity contribution in [2.24, 2.45) is 0 Å². The minimum Gasteiger partial charge on any atom is -0.324 e. The number of carbonyl (C=O) groups is 3. The summed E-state index contributed by atoms with van der Waals surface area (Å²) in [6, 6.07) is 15.5. The zero-order valence-electron chi connectivity index (χ0n) is 19.4. The number of nitrogens with zero attached hydrogens (tertiary/aromatic N) is 3. The van der Waals surface area contributed by atoms with Crippen LogP contribution in [0.25, 0.3) is 0 Å². The van der Waals surface area contributed by atoms with E-state index in [4.69, 9.17) is 0 Å². The van der Waals surface area contributed by atoms with E-state index in [2.05, 4.69) is 10.3 Å². The molecule has 3 aromatic rings. The zero-order chi connectivity index (χ0) is 26.2. The van der Waals surface area contributed by atoms with Crippen LogP contribution in [-0.4, -0.2) is 38.8 Å². The number of alkyl halides is 3. The number of rotatable bonds is 7. The molecule has 1 saturated carbocycles. The van der Waals surface area contributed by atoms with Gasteiger partial charge in [-0.1, -0.05) is 30.3 Å². The molecule has 0 unspecified atom stereocenters. The zero-order valence-corrected chi connectivity index (χ0v) is 20.2. The first-order chi connectivity index (χ1) is 17.7. The fourth-order valence-corrected chi connectivity index (χ4v) is 4.92. The van der Waals surface area contributed by atoms with Crippen LogP contribution in [0.3, 0.4) is 0 Å². The molecule has 2 heterocycles. The molecule has 11 heteroatoms.